The SMILES string of the molecule is CCCNCc1cc(Cl)cc(Cl)c1OCCF. The average Bonchev–Trinajstić information content (AvgIpc) is 2.28. The second-order valence-electron chi connectivity index (χ2n) is 3.59. The van der Waals surface area contributed by atoms with Crippen LogP contribution in [-0.2, 0) is 6.54 Å². The van der Waals surface area contributed by atoms with E-state index in [4.69, 9.17) is 27.9 Å². The first-order valence-electron chi connectivity index (χ1n) is 5.56. The highest BCUT2D eigenvalue weighted by Crippen LogP contribution is 2.32. The Morgan fingerprint density at radius 2 is 2.12 bits per heavy atom. The zero-order chi connectivity index (χ0) is 12.7. The Morgan fingerprint density at radius 1 is 1.35 bits per heavy atom. The minimum atomic E-state index is -0.541. The number of rotatable bonds is 7. The van der Waals surface area contributed by atoms with Gasteiger partial charge < -0.3 is 10.1 Å². The van der Waals surface area contributed by atoms with Crippen molar-refractivity contribution in [3.05, 3.63) is 27.7 Å². The number of alkyl halides is 1. The maximum absolute atomic E-state index is 12.1. The Hall–Kier alpha value is -0.510. The summed E-state index contributed by atoms with van der Waals surface area (Å²) in [6, 6.07) is 3.38. The Bertz CT molecular complexity index is 361. The highest BCUT2D eigenvalue weighted by atomic mass is 35.5. The molecule has 1 aromatic carbocycles. The average molecular weight is 280 g/mol. The molecule has 0 bridgehead atoms. The zero-order valence-electron chi connectivity index (χ0n) is 9.73. The summed E-state index contributed by atoms with van der Waals surface area (Å²) in [4.78, 5) is 0. The highest BCUT2D eigenvalue weighted by Gasteiger charge is 2.10. The molecule has 5 heteroatoms. The lowest BCUT2D eigenvalue weighted by Gasteiger charge is -2.13. The van der Waals surface area contributed by atoms with Gasteiger partial charge in [-0.3, -0.25) is 0 Å². The van der Waals surface area contributed by atoms with Crippen molar-refractivity contribution >= 4 is 23.2 Å². The summed E-state index contributed by atoms with van der Waals surface area (Å²) in [7, 11) is 0. The molecule has 0 fully saturated rings. The number of halogens is 3. The summed E-state index contributed by atoms with van der Waals surface area (Å²) in [5.41, 5.74) is 0.851. The van der Waals surface area contributed by atoms with Crippen LogP contribution in [0.2, 0.25) is 10.0 Å². The molecule has 0 atom stereocenters. The number of nitrogens with one attached hydrogen (secondary N) is 1. The number of hydrogen-bond donors (Lipinski definition) is 1. The van der Waals surface area contributed by atoms with Crippen LogP contribution in [0, 0.1) is 0 Å². The molecule has 1 aromatic rings. The molecule has 0 spiro atoms. The Kier molecular flexibility index (Phi) is 6.63. The molecule has 1 N–H and O–H groups in total. The molecule has 0 unspecified atom stereocenters. The molecule has 0 radical (unpaired) electrons. The van der Waals surface area contributed by atoms with Crippen molar-refractivity contribution in [1.82, 2.24) is 5.32 Å². The van der Waals surface area contributed by atoms with E-state index in [1.165, 1.54) is 0 Å². The molecular formula is C12H16Cl2FNO. The first-order valence-corrected chi connectivity index (χ1v) is 6.32. The van der Waals surface area contributed by atoms with Crippen LogP contribution >= 0.6 is 23.2 Å². The van der Waals surface area contributed by atoms with Gasteiger partial charge in [0.1, 0.15) is 19.0 Å². The van der Waals surface area contributed by atoms with Crippen LogP contribution < -0.4 is 10.1 Å². The smallest absolute Gasteiger partial charge is 0.142 e. The van der Waals surface area contributed by atoms with Crippen LogP contribution in [0.4, 0.5) is 4.39 Å². The molecule has 0 amide bonds. The van der Waals surface area contributed by atoms with Gasteiger partial charge in [-0.05, 0) is 25.1 Å². The third kappa shape index (κ3) is 4.70. The summed E-state index contributed by atoms with van der Waals surface area (Å²) in [6.07, 6.45) is 1.04. The van der Waals surface area contributed by atoms with Crippen LogP contribution in [0.15, 0.2) is 12.1 Å². The van der Waals surface area contributed by atoms with E-state index < -0.39 is 6.67 Å². The van der Waals surface area contributed by atoms with E-state index >= 15 is 0 Å². The lowest BCUT2D eigenvalue weighted by atomic mass is 10.2. The maximum Gasteiger partial charge on any atom is 0.142 e. The third-order valence-corrected chi connectivity index (χ3v) is 2.65. The fourth-order valence-corrected chi connectivity index (χ4v) is 2.04. The number of benzene rings is 1. The van der Waals surface area contributed by atoms with E-state index in [-0.39, 0.29) is 6.61 Å². The molecule has 0 saturated heterocycles. The van der Waals surface area contributed by atoms with Gasteiger partial charge in [0.15, 0.2) is 0 Å². The second kappa shape index (κ2) is 7.75. The molecule has 0 aliphatic carbocycles. The quantitative estimate of drug-likeness (QED) is 0.766. The largest absolute Gasteiger partial charge is 0.489 e. The van der Waals surface area contributed by atoms with E-state index in [0.29, 0.717) is 22.3 Å². The van der Waals surface area contributed by atoms with Gasteiger partial charge in [0.05, 0.1) is 5.02 Å². The summed E-state index contributed by atoms with van der Waals surface area (Å²) in [6.45, 7) is 3.05. The third-order valence-electron chi connectivity index (χ3n) is 2.15. The Balaban J connectivity index is 2.82. The van der Waals surface area contributed by atoms with Crippen molar-refractivity contribution in [2.75, 3.05) is 19.8 Å². The lowest BCUT2D eigenvalue weighted by molar-refractivity contribution is 0.270. The molecule has 96 valence electrons. The number of ether oxygens (including phenoxy) is 1. The normalized spacial score (nSPS) is 10.6. The van der Waals surface area contributed by atoms with E-state index in [9.17, 15) is 4.39 Å². The van der Waals surface area contributed by atoms with Crippen molar-refractivity contribution in [3.8, 4) is 5.75 Å². The fourth-order valence-electron chi connectivity index (χ4n) is 1.45. The standard InChI is InChI=1S/C12H16Cl2FNO/c1-2-4-16-8-9-6-10(13)7-11(14)12(9)17-5-3-15/h6-7,16H,2-5,8H2,1H3. The molecule has 0 heterocycles. The molecular weight excluding hydrogens is 264 g/mol. The molecule has 1 rings (SSSR count). The monoisotopic (exact) mass is 279 g/mol. The minimum absolute atomic E-state index is 0.00211. The summed E-state index contributed by atoms with van der Waals surface area (Å²) < 4.78 is 17.4. The van der Waals surface area contributed by atoms with E-state index in [1.807, 2.05) is 0 Å². The predicted molar refractivity (Wildman–Crippen MR) is 69.9 cm³/mol. The van der Waals surface area contributed by atoms with Crippen molar-refractivity contribution in [2.24, 2.45) is 0 Å². The molecule has 0 aromatic heterocycles. The molecule has 0 saturated carbocycles. The summed E-state index contributed by atoms with van der Waals surface area (Å²) in [5, 5.41) is 4.20. The number of hydrogen-bond acceptors (Lipinski definition) is 2. The minimum Gasteiger partial charge on any atom is -0.489 e. The van der Waals surface area contributed by atoms with Gasteiger partial charge in [0.25, 0.3) is 0 Å². The maximum atomic E-state index is 12.1. The van der Waals surface area contributed by atoms with Crippen LogP contribution in [-0.4, -0.2) is 19.8 Å². The van der Waals surface area contributed by atoms with Crippen molar-refractivity contribution in [3.63, 3.8) is 0 Å². The van der Waals surface area contributed by atoms with E-state index in [2.05, 4.69) is 12.2 Å². The summed E-state index contributed by atoms with van der Waals surface area (Å²) in [5.74, 6) is 0.511. The predicted octanol–water partition coefficient (Wildman–Crippen LogP) is 3.84. The van der Waals surface area contributed by atoms with E-state index in [0.717, 1.165) is 18.5 Å². The van der Waals surface area contributed by atoms with Gasteiger partial charge in [-0.15, -0.1) is 0 Å². The molecule has 0 aliphatic rings. The van der Waals surface area contributed by atoms with Gasteiger partial charge in [-0.1, -0.05) is 30.1 Å². The van der Waals surface area contributed by atoms with Gasteiger partial charge in [-0.25, -0.2) is 4.39 Å². The molecule has 17 heavy (non-hydrogen) atoms. The van der Waals surface area contributed by atoms with Gasteiger partial charge in [-0.2, -0.15) is 0 Å². The first kappa shape index (κ1) is 14.6. The zero-order valence-corrected chi connectivity index (χ0v) is 11.2. The van der Waals surface area contributed by atoms with Crippen molar-refractivity contribution in [2.45, 2.75) is 19.9 Å². The van der Waals surface area contributed by atoms with Crippen molar-refractivity contribution < 1.29 is 9.13 Å². The van der Waals surface area contributed by atoms with Crippen LogP contribution in [0.5, 0.6) is 5.75 Å². The lowest BCUT2D eigenvalue weighted by Crippen LogP contribution is -2.15. The fraction of sp³-hybridized carbons (Fsp3) is 0.500. The van der Waals surface area contributed by atoms with Crippen molar-refractivity contribution in [1.29, 1.82) is 0 Å². The summed E-state index contributed by atoms with van der Waals surface area (Å²) >= 11 is 12.0. The highest BCUT2D eigenvalue weighted by molar-refractivity contribution is 6.35. The van der Waals surface area contributed by atoms with Crippen LogP contribution in [0.25, 0.3) is 0 Å². The second-order valence-corrected chi connectivity index (χ2v) is 4.43. The molecule has 0 aliphatic heterocycles. The van der Waals surface area contributed by atoms with Gasteiger partial charge in [0, 0.05) is 17.1 Å². The topological polar surface area (TPSA) is 21.3 Å². The van der Waals surface area contributed by atoms with Gasteiger partial charge in [0.2, 0.25) is 0 Å². The first-order chi connectivity index (χ1) is 8.19. The van der Waals surface area contributed by atoms with Gasteiger partial charge >= 0.3 is 0 Å². The molecule has 2 nitrogen and oxygen atoms in total. The van der Waals surface area contributed by atoms with E-state index in [1.54, 1.807) is 12.1 Å². The Morgan fingerprint density at radius 3 is 2.76 bits per heavy atom. The Labute approximate surface area is 111 Å². The van der Waals surface area contributed by atoms with Crippen LogP contribution in [0.1, 0.15) is 18.9 Å². The van der Waals surface area contributed by atoms with Crippen LogP contribution in [0.3, 0.4) is 0 Å².